The summed E-state index contributed by atoms with van der Waals surface area (Å²) in [4.78, 5) is 30.2. The fraction of sp³-hybridized carbons (Fsp3) is 0.429. The summed E-state index contributed by atoms with van der Waals surface area (Å²) in [6.07, 6.45) is 5.27. The Morgan fingerprint density at radius 1 is 0.913 bits per heavy atom. The van der Waals surface area contributed by atoms with Gasteiger partial charge in [0.25, 0.3) is 0 Å². The summed E-state index contributed by atoms with van der Waals surface area (Å²) in [5.41, 5.74) is 1.92. The van der Waals surface area contributed by atoms with Crippen LogP contribution in [0.3, 0.4) is 0 Å². The first-order valence-corrected chi connectivity index (χ1v) is 17.5. The molecule has 2 amide bonds. The molecule has 0 unspecified atom stereocenters. The van der Waals surface area contributed by atoms with Gasteiger partial charge in [0.2, 0.25) is 21.8 Å². The number of methoxy groups -OCH3 is 1. The maximum Gasteiger partial charge on any atom is 0.244 e. The average Bonchev–Trinajstić information content (AvgIpc) is 3.09. The van der Waals surface area contributed by atoms with Gasteiger partial charge in [-0.1, -0.05) is 61.7 Å². The van der Waals surface area contributed by atoms with Gasteiger partial charge in [-0.05, 0) is 55.2 Å². The molecule has 2 aliphatic rings. The van der Waals surface area contributed by atoms with E-state index in [1.807, 2.05) is 54.6 Å². The number of carbonyl (C=O) groups is 2. The highest BCUT2D eigenvalue weighted by atomic mass is 32.2. The van der Waals surface area contributed by atoms with Crippen LogP contribution in [-0.4, -0.2) is 69.8 Å². The molecular formula is C35H43N3O7S. The van der Waals surface area contributed by atoms with Crippen molar-refractivity contribution in [3.8, 4) is 17.2 Å². The smallest absolute Gasteiger partial charge is 0.244 e. The molecule has 10 nitrogen and oxygen atoms in total. The SMILES string of the molecule is CCS(=O)(=O)N(CC(=O)N(Cc1cccc(OC)c1)[C@@H](Cc1ccccc1)C(=O)NC1CCCCC1)c1ccc2c(c1)OCCO2. The lowest BCUT2D eigenvalue weighted by molar-refractivity contribution is -0.140. The van der Waals surface area contributed by atoms with Gasteiger partial charge >= 0.3 is 0 Å². The third kappa shape index (κ3) is 8.31. The summed E-state index contributed by atoms with van der Waals surface area (Å²) >= 11 is 0. The van der Waals surface area contributed by atoms with Crippen LogP contribution in [0.1, 0.15) is 50.2 Å². The Balaban J connectivity index is 1.53. The minimum atomic E-state index is -3.91. The van der Waals surface area contributed by atoms with Gasteiger partial charge in [-0.3, -0.25) is 13.9 Å². The molecule has 1 heterocycles. The largest absolute Gasteiger partial charge is 0.497 e. The Kier molecular flexibility index (Phi) is 11.1. The van der Waals surface area contributed by atoms with Crippen LogP contribution in [0.5, 0.6) is 17.2 Å². The zero-order chi connectivity index (χ0) is 32.5. The van der Waals surface area contributed by atoms with E-state index in [9.17, 15) is 18.0 Å². The highest BCUT2D eigenvalue weighted by molar-refractivity contribution is 7.92. The van der Waals surface area contributed by atoms with Gasteiger partial charge in [0, 0.05) is 25.1 Å². The standard InChI is InChI=1S/C35H43N3O7S/c1-3-46(41,42)38(29-17-18-32-33(23-29)45-20-19-44-32)25-34(39)37(24-27-13-10-16-30(21-27)43-2)31(22-26-11-6-4-7-12-26)35(40)36-28-14-8-5-9-15-28/h4,6-7,10-13,16-18,21,23,28,31H,3,5,8-9,14-15,19-20,22,24-25H2,1-2H3,(H,36,40)/t31-/m0/s1. The summed E-state index contributed by atoms with van der Waals surface area (Å²) in [6.45, 7) is 1.84. The minimum absolute atomic E-state index is 0.0305. The predicted octanol–water partition coefficient (Wildman–Crippen LogP) is 4.71. The van der Waals surface area contributed by atoms with Gasteiger partial charge < -0.3 is 24.4 Å². The number of rotatable bonds is 13. The van der Waals surface area contributed by atoms with Crippen molar-refractivity contribution in [3.05, 3.63) is 83.9 Å². The molecule has 3 aromatic carbocycles. The van der Waals surface area contributed by atoms with Gasteiger partial charge in [-0.15, -0.1) is 0 Å². The first-order valence-electron chi connectivity index (χ1n) is 15.9. The molecule has 1 N–H and O–H groups in total. The number of nitrogens with one attached hydrogen (secondary N) is 1. The minimum Gasteiger partial charge on any atom is -0.497 e. The van der Waals surface area contributed by atoms with Crippen molar-refractivity contribution < 1.29 is 32.2 Å². The Labute approximate surface area is 271 Å². The van der Waals surface area contributed by atoms with E-state index in [1.165, 1.54) is 11.8 Å². The van der Waals surface area contributed by atoms with Crippen molar-refractivity contribution in [2.45, 2.75) is 64.1 Å². The molecule has 11 heteroatoms. The fourth-order valence-electron chi connectivity index (χ4n) is 5.97. The van der Waals surface area contributed by atoms with E-state index < -0.39 is 28.5 Å². The van der Waals surface area contributed by atoms with Gasteiger partial charge in [-0.25, -0.2) is 8.42 Å². The molecule has 1 atom stereocenters. The van der Waals surface area contributed by atoms with Crippen LogP contribution < -0.4 is 23.8 Å². The molecule has 5 rings (SSSR count). The van der Waals surface area contributed by atoms with Crippen LogP contribution >= 0.6 is 0 Å². The van der Waals surface area contributed by atoms with Gasteiger partial charge in [0.15, 0.2) is 11.5 Å². The van der Waals surface area contributed by atoms with Crippen LogP contribution in [0.2, 0.25) is 0 Å². The second kappa shape index (κ2) is 15.4. The Morgan fingerprint density at radius 2 is 1.63 bits per heavy atom. The summed E-state index contributed by atoms with van der Waals surface area (Å²) in [5.74, 6) is 0.556. The van der Waals surface area contributed by atoms with Crippen molar-refractivity contribution in [2.75, 3.05) is 36.9 Å². The highest BCUT2D eigenvalue weighted by Crippen LogP contribution is 2.35. The van der Waals surface area contributed by atoms with E-state index in [1.54, 1.807) is 25.3 Å². The molecule has 0 bridgehead atoms. The number of hydrogen-bond acceptors (Lipinski definition) is 7. The molecule has 46 heavy (non-hydrogen) atoms. The number of anilines is 1. The molecule has 1 aliphatic carbocycles. The lowest BCUT2D eigenvalue weighted by Gasteiger charge is -2.35. The summed E-state index contributed by atoms with van der Waals surface area (Å²) in [5, 5.41) is 3.22. The van der Waals surface area contributed by atoms with E-state index in [2.05, 4.69) is 5.32 Å². The Bertz CT molecular complexity index is 1590. The molecule has 3 aromatic rings. The number of fused-ring (bicyclic) bond motifs is 1. The fourth-order valence-corrected chi connectivity index (χ4v) is 7.03. The summed E-state index contributed by atoms with van der Waals surface area (Å²) in [6, 6.07) is 20.9. The van der Waals surface area contributed by atoms with E-state index >= 15 is 0 Å². The third-order valence-electron chi connectivity index (χ3n) is 8.50. The van der Waals surface area contributed by atoms with Crippen molar-refractivity contribution in [1.29, 1.82) is 0 Å². The zero-order valence-electron chi connectivity index (χ0n) is 26.5. The molecular weight excluding hydrogens is 606 g/mol. The van der Waals surface area contributed by atoms with Crippen molar-refractivity contribution in [3.63, 3.8) is 0 Å². The predicted molar refractivity (Wildman–Crippen MR) is 177 cm³/mol. The van der Waals surface area contributed by atoms with Crippen LogP contribution in [0.15, 0.2) is 72.8 Å². The van der Waals surface area contributed by atoms with E-state index in [-0.39, 0.29) is 36.4 Å². The van der Waals surface area contributed by atoms with Gasteiger partial charge in [-0.2, -0.15) is 0 Å². The average molecular weight is 650 g/mol. The summed E-state index contributed by atoms with van der Waals surface area (Å²) < 4.78 is 44.9. The second-order valence-corrected chi connectivity index (χ2v) is 13.8. The lowest BCUT2D eigenvalue weighted by Crippen LogP contribution is -2.55. The van der Waals surface area contributed by atoms with Gasteiger partial charge in [0.05, 0.1) is 18.6 Å². The maximum atomic E-state index is 14.5. The molecule has 0 saturated heterocycles. The summed E-state index contributed by atoms with van der Waals surface area (Å²) in [7, 11) is -2.34. The number of ether oxygens (including phenoxy) is 3. The number of carbonyl (C=O) groups excluding carboxylic acids is 2. The van der Waals surface area contributed by atoms with Crippen molar-refractivity contribution in [2.24, 2.45) is 0 Å². The van der Waals surface area contributed by atoms with Crippen LogP contribution in [0.25, 0.3) is 0 Å². The normalized spacial score (nSPS) is 15.4. The number of nitrogens with zero attached hydrogens (tertiary/aromatic N) is 2. The Hall–Kier alpha value is -4.25. The van der Waals surface area contributed by atoms with Gasteiger partial charge in [0.1, 0.15) is 31.5 Å². The first-order chi connectivity index (χ1) is 22.3. The van der Waals surface area contributed by atoms with Crippen molar-refractivity contribution in [1.82, 2.24) is 10.2 Å². The molecule has 1 fully saturated rings. The number of benzene rings is 3. The van der Waals surface area contributed by atoms with E-state index in [4.69, 9.17) is 14.2 Å². The topological polar surface area (TPSA) is 114 Å². The van der Waals surface area contributed by atoms with Crippen LogP contribution in [0, 0.1) is 0 Å². The molecule has 1 saturated carbocycles. The highest BCUT2D eigenvalue weighted by Gasteiger charge is 2.35. The zero-order valence-corrected chi connectivity index (χ0v) is 27.3. The molecule has 0 spiro atoms. The molecule has 0 radical (unpaired) electrons. The number of amides is 2. The number of hydrogen-bond donors (Lipinski definition) is 1. The monoisotopic (exact) mass is 649 g/mol. The van der Waals surface area contributed by atoms with E-state index in [0.29, 0.717) is 30.5 Å². The maximum absolute atomic E-state index is 14.5. The quantitative estimate of drug-likeness (QED) is 0.285. The Morgan fingerprint density at radius 3 is 2.35 bits per heavy atom. The lowest BCUT2D eigenvalue weighted by atomic mass is 9.94. The van der Waals surface area contributed by atoms with Crippen LogP contribution in [-0.2, 0) is 32.6 Å². The van der Waals surface area contributed by atoms with Crippen molar-refractivity contribution >= 4 is 27.5 Å². The third-order valence-corrected chi connectivity index (χ3v) is 10.2. The van der Waals surface area contributed by atoms with Crippen LogP contribution in [0.4, 0.5) is 5.69 Å². The van der Waals surface area contributed by atoms with E-state index in [0.717, 1.165) is 47.5 Å². The molecule has 246 valence electrons. The molecule has 0 aromatic heterocycles. The first kappa shape index (κ1) is 33.1. The number of sulfonamides is 1. The second-order valence-electron chi connectivity index (χ2n) is 11.7. The molecule has 1 aliphatic heterocycles.